The van der Waals surface area contributed by atoms with Gasteiger partial charge >= 0.3 is 0 Å². The van der Waals surface area contributed by atoms with Gasteiger partial charge in [-0.15, -0.1) is 0 Å². The van der Waals surface area contributed by atoms with Crippen molar-refractivity contribution in [1.29, 1.82) is 0 Å². The van der Waals surface area contributed by atoms with Gasteiger partial charge in [0.05, 0.1) is 0 Å². The summed E-state index contributed by atoms with van der Waals surface area (Å²) in [4.78, 5) is 2.45. The number of halogens is 1. The fourth-order valence-corrected chi connectivity index (χ4v) is 2.67. The molecule has 104 valence electrons. The molecule has 0 heterocycles. The monoisotopic (exact) mass is 262 g/mol. The number of hydrogen-bond acceptors (Lipinski definition) is 2. The maximum atomic E-state index is 13.4. The van der Waals surface area contributed by atoms with Gasteiger partial charge in [0.25, 0.3) is 0 Å². The molecule has 0 aliphatic heterocycles. The van der Waals surface area contributed by atoms with Gasteiger partial charge in [-0.1, -0.05) is 0 Å². The van der Waals surface area contributed by atoms with E-state index in [0.717, 1.165) is 36.2 Å². The van der Waals surface area contributed by atoms with E-state index in [1.165, 1.54) is 25.7 Å². The Morgan fingerprint density at radius 2 is 1.79 bits per heavy atom. The molecule has 2 saturated carbocycles. The molecule has 0 spiro atoms. The van der Waals surface area contributed by atoms with Crippen LogP contribution in [0.25, 0.3) is 0 Å². The Kier molecular flexibility index (Phi) is 3.48. The summed E-state index contributed by atoms with van der Waals surface area (Å²) >= 11 is 0. The van der Waals surface area contributed by atoms with Crippen molar-refractivity contribution in [2.45, 2.75) is 38.6 Å². The zero-order chi connectivity index (χ0) is 13.4. The number of benzene rings is 1. The molecule has 19 heavy (non-hydrogen) atoms. The first kappa shape index (κ1) is 12.9. The van der Waals surface area contributed by atoms with Gasteiger partial charge in [-0.25, -0.2) is 4.39 Å². The molecule has 0 bridgehead atoms. The average Bonchev–Trinajstić information content (AvgIpc) is 3.23. The van der Waals surface area contributed by atoms with Crippen molar-refractivity contribution in [3.05, 3.63) is 29.6 Å². The fraction of sp³-hybridized carbons (Fsp3) is 0.625. The number of nitrogens with zero attached hydrogens (tertiary/aromatic N) is 1. The minimum absolute atomic E-state index is 0.119. The van der Waals surface area contributed by atoms with Crippen molar-refractivity contribution in [2.24, 2.45) is 17.6 Å². The predicted molar refractivity (Wildman–Crippen MR) is 76.7 cm³/mol. The van der Waals surface area contributed by atoms with E-state index in [9.17, 15) is 4.39 Å². The highest BCUT2D eigenvalue weighted by atomic mass is 19.1. The predicted octanol–water partition coefficient (Wildman–Crippen LogP) is 3.47. The molecule has 1 atom stereocenters. The molecule has 2 aliphatic carbocycles. The van der Waals surface area contributed by atoms with E-state index >= 15 is 0 Å². The zero-order valence-corrected chi connectivity index (χ0v) is 11.6. The summed E-state index contributed by atoms with van der Waals surface area (Å²) in [6.45, 7) is 4.16. The van der Waals surface area contributed by atoms with Crippen LogP contribution in [0, 0.1) is 17.7 Å². The number of nitrogens with two attached hydrogens (primary N) is 1. The van der Waals surface area contributed by atoms with Gasteiger partial charge in [-0.2, -0.15) is 0 Å². The summed E-state index contributed by atoms with van der Waals surface area (Å²) in [5, 5.41) is 0. The lowest BCUT2D eigenvalue weighted by Gasteiger charge is -2.28. The third-order valence-corrected chi connectivity index (χ3v) is 4.17. The normalized spacial score (nSPS) is 20.4. The van der Waals surface area contributed by atoms with Crippen molar-refractivity contribution in [3.63, 3.8) is 0 Å². The van der Waals surface area contributed by atoms with E-state index in [1.54, 1.807) is 12.1 Å². The van der Waals surface area contributed by atoms with Crippen molar-refractivity contribution < 1.29 is 4.39 Å². The smallest absolute Gasteiger partial charge is 0.123 e. The van der Waals surface area contributed by atoms with Gasteiger partial charge < -0.3 is 10.6 Å². The highest BCUT2D eigenvalue weighted by Gasteiger charge is 2.30. The Labute approximate surface area is 114 Å². The van der Waals surface area contributed by atoms with Gasteiger partial charge in [0.1, 0.15) is 5.82 Å². The Hall–Kier alpha value is -1.09. The molecular formula is C16H23FN2. The van der Waals surface area contributed by atoms with Crippen LogP contribution in [0.1, 0.15) is 44.2 Å². The molecule has 3 rings (SSSR count). The van der Waals surface area contributed by atoms with Crippen molar-refractivity contribution in [2.75, 3.05) is 18.0 Å². The van der Waals surface area contributed by atoms with Crippen LogP contribution >= 0.6 is 0 Å². The molecule has 0 radical (unpaired) electrons. The lowest BCUT2D eigenvalue weighted by atomic mass is 10.0. The molecule has 1 aromatic rings. The van der Waals surface area contributed by atoms with Crippen LogP contribution in [0.4, 0.5) is 10.1 Å². The van der Waals surface area contributed by atoms with Crippen molar-refractivity contribution >= 4 is 5.69 Å². The maximum absolute atomic E-state index is 13.4. The van der Waals surface area contributed by atoms with Crippen molar-refractivity contribution in [1.82, 2.24) is 0 Å². The summed E-state index contributed by atoms with van der Waals surface area (Å²) in [7, 11) is 0. The summed E-state index contributed by atoms with van der Waals surface area (Å²) in [5.74, 6) is 1.49. The van der Waals surface area contributed by atoms with Crippen molar-refractivity contribution in [3.8, 4) is 0 Å². The number of rotatable bonds is 6. The Morgan fingerprint density at radius 3 is 2.26 bits per heavy atom. The Morgan fingerprint density at radius 1 is 1.21 bits per heavy atom. The third kappa shape index (κ3) is 3.27. The van der Waals surface area contributed by atoms with Crippen LogP contribution < -0.4 is 10.6 Å². The molecule has 2 aliphatic rings. The van der Waals surface area contributed by atoms with E-state index in [4.69, 9.17) is 5.73 Å². The van der Waals surface area contributed by atoms with Crippen LogP contribution in [0.5, 0.6) is 0 Å². The summed E-state index contributed by atoms with van der Waals surface area (Å²) in [6, 6.07) is 4.96. The minimum Gasteiger partial charge on any atom is -0.371 e. The lowest BCUT2D eigenvalue weighted by molar-refractivity contribution is 0.618. The van der Waals surface area contributed by atoms with Gasteiger partial charge in [-0.3, -0.25) is 0 Å². The molecule has 1 aromatic carbocycles. The van der Waals surface area contributed by atoms with Crippen LogP contribution in [0.2, 0.25) is 0 Å². The van der Waals surface area contributed by atoms with Gasteiger partial charge in [-0.05, 0) is 68.2 Å². The largest absolute Gasteiger partial charge is 0.371 e. The molecule has 2 nitrogen and oxygen atoms in total. The van der Waals surface area contributed by atoms with Gasteiger partial charge in [0, 0.05) is 24.8 Å². The van der Waals surface area contributed by atoms with Gasteiger partial charge in [0.15, 0.2) is 0 Å². The molecule has 2 fully saturated rings. The average molecular weight is 262 g/mol. The molecular weight excluding hydrogens is 239 g/mol. The standard InChI is InChI=1S/C16H23FN2/c1-11(18)15-8-14(17)6-7-16(15)19(9-12-2-3-12)10-13-4-5-13/h6-8,11-13H,2-5,9-10,18H2,1H3/t11-/m0/s1. The van der Waals surface area contributed by atoms with Crippen LogP contribution in [-0.4, -0.2) is 13.1 Å². The second-order valence-corrected chi connectivity index (χ2v) is 6.28. The topological polar surface area (TPSA) is 29.3 Å². The number of anilines is 1. The quantitative estimate of drug-likeness (QED) is 0.850. The molecule has 0 aromatic heterocycles. The van der Waals surface area contributed by atoms with Crippen LogP contribution in [-0.2, 0) is 0 Å². The van der Waals surface area contributed by atoms with E-state index in [-0.39, 0.29) is 11.9 Å². The Bertz CT molecular complexity index is 436. The molecule has 0 unspecified atom stereocenters. The van der Waals surface area contributed by atoms with E-state index in [1.807, 2.05) is 13.0 Å². The van der Waals surface area contributed by atoms with Crippen LogP contribution in [0.3, 0.4) is 0 Å². The molecule has 0 amide bonds. The molecule has 2 N–H and O–H groups in total. The first-order chi connectivity index (χ1) is 9.13. The highest BCUT2D eigenvalue weighted by molar-refractivity contribution is 5.55. The summed E-state index contributed by atoms with van der Waals surface area (Å²) in [6.07, 6.45) is 5.37. The fourth-order valence-electron chi connectivity index (χ4n) is 2.67. The SMILES string of the molecule is C[C@H](N)c1cc(F)ccc1N(CC1CC1)CC1CC1. The van der Waals surface area contributed by atoms with E-state index in [0.29, 0.717) is 0 Å². The first-order valence-electron chi connectivity index (χ1n) is 7.43. The first-order valence-corrected chi connectivity index (χ1v) is 7.43. The summed E-state index contributed by atoms with van der Waals surface area (Å²) < 4.78 is 13.4. The van der Waals surface area contributed by atoms with Crippen LogP contribution in [0.15, 0.2) is 18.2 Å². The second kappa shape index (κ2) is 5.12. The summed E-state index contributed by atoms with van der Waals surface area (Å²) in [5.41, 5.74) is 8.11. The lowest BCUT2D eigenvalue weighted by Crippen LogP contribution is -2.30. The molecule has 0 saturated heterocycles. The third-order valence-electron chi connectivity index (χ3n) is 4.17. The molecule has 3 heteroatoms. The van der Waals surface area contributed by atoms with E-state index in [2.05, 4.69) is 4.90 Å². The Balaban J connectivity index is 1.85. The number of hydrogen-bond donors (Lipinski definition) is 1. The zero-order valence-electron chi connectivity index (χ0n) is 11.6. The second-order valence-electron chi connectivity index (χ2n) is 6.28. The van der Waals surface area contributed by atoms with Gasteiger partial charge in [0.2, 0.25) is 0 Å². The minimum atomic E-state index is -0.186. The van der Waals surface area contributed by atoms with E-state index < -0.39 is 0 Å². The highest BCUT2D eigenvalue weighted by Crippen LogP contribution is 2.37. The maximum Gasteiger partial charge on any atom is 0.123 e.